The van der Waals surface area contributed by atoms with Gasteiger partial charge in [-0.05, 0) is 33.6 Å². The number of hydrogen-bond donors (Lipinski definition) is 1. The molecule has 1 heteroatoms. The first kappa shape index (κ1) is 10.6. The molecule has 0 amide bonds. The maximum Gasteiger partial charge on any atom is 0.0677 e. The molecule has 1 rings (SSSR count). The molecule has 0 spiro atoms. The molecule has 1 saturated carbocycles. The molecular formula is C12H20O. The highest BCUT2D eigenvalue weighted by molar-refractivity contribution is 5.12. The summed E-state index contributed by atoms with van der Waals surface area (Å²) in [6, 6.07) is 0. The van der Waals surface area contributed by atoms with E-state index in [9.17, 15) is 5.11 Å². The fourth-order valence-electron chi connectivity index (χ4n) is 1.59. The standard InChI is InChI=1S/C12H20O/c1-12(2,3)9-8-10-6-4-5-7-11(10)13/h10-11,13H,4-7H2,1-3H3/t10-,11+/m0/s1. The minimum absolute atomic E-state index is 0.0666. The summed E-state index contributed by atoms with van der Waals surface area (Å²) in [5.74, 6) is 6.65. The van der Waals surface area contributed by atoms with E-state index in [1.54, 1.807) is 0 Å². The Hall–Kier alpha value is -0.480. The van der Waals surface area contributed by atoms with Crippen LogP contribution in [0.5, 0.6) is 0 Å². The topological polar surface area (TPSA) is 20.2 Å². The fourth-order valence-corrected chi connectivity index (χ4v) is 1.59. The van der Waals surface area contributed by atoms with E-state index in [1.165, 1.54) is 6.42 Å². The average Bonchev–Trinajstić information content (AvgIpc) is 2.01. The number of rotatable bonds is 0. The molecule has 0 aliphatic heterocycles. The van der Waals surface area contributed by atoms with Gasteiger partial charge in [-0.25, -0.2) is 0 Å². The van der Waals surface area contributed by atoms with Gasteiger partial charge in [0.05, 0.1) is 6.10 Å². The van der Waals surface area contributed by atoms with Gasteiger partial charge in [0.2, 0.25) is 0 Å². The average molecular weight is 180 g/mol. The van der Waals surface area contributed by atoms with Gasteiger partial charge in [0.1, 0.15) is 0 Å². The maximum absolute atomic E-state index is 9.66. The van der Waals surface area contributed by atoms with Gasteiger partial charge in [-0.3, -0.25) is 0 Å². The molecule has 1 aliphatic rings. The summed E-state index contributed by atoms with van der Waals surface area (Å²) >= 11 is 0. The first-order valence-electron chi connectivity index (χ1n) is 5.20. The highest BCUT2D eigenvalue weighted by Crippen LogP contribution is 2.24. The van der Waals surface area contributed by atoms with Crippen LogP contribution in [0, 0.1) is 23.2 Å². The number of aliphatic hydroxyl groups is 1. The summed E-state index contributed by atoms with van der Waals surface area (Å²) in [6.45, 7) is 6.32. The van der Waals surface area contributed by atoms with Gasteiger partial charge in [0, 0.05) is 11.3 Å². The predicted molar refractivity (Wildman–Crippen MR) is 55.2 cm³/mol. The van der Waals surface area contributed by atoms with E-state index in [-0.39, 0.29) is 17.4 Å². The van der Waals surface area contributed by atoms with Crippen LogP contribution < -0.4 is 0 Å². The molecule has 1 nitrogen and oxygen atoms in total. The van der Waals surface area contributed by atoms with Crippen LogP contribution in [0.2, 0.25) is 0 Å². The van der Waals surface area contributed by atoms with E-state index in [0.29, 0.717) is 0 Å². The van der Waals surface area contributed by atoms with Crippen LogP contribution in [0.4, 0.5) is 0 Å². The van der Waals surface area contributed by atoms with Crippen molar-refractivity contribution in [2.75, 3.05) is 0 Å². The van der Waals surface area contributed by atoms with Crippen molar-refractivity contribution in [2.45, 2.75) is 52.6 Å². The monoisotopic (exact) mass is 180 g/mol. The quantitative estimate of drug-likeness (QED) is 0.568. The largest absolute Gasteiger partial charge is 0.392 e. The molecule has 1 aliphatic carbocycles. The number of hydrogen-bond acceptors (Lipinski definition) is 1. The SMILES string of the molecule is CC(C)(C)C#C[C@@H]1CCCC[C@H]1O. The molecule has 1 N–H and O–H groups in total. The Kier molecular flexibility index (Phi) is 3.39. The van der Waals surface area contributed by atoms with Crippen molar-refractivity contribution in [1.82, 2.24) is 0 Å². The second-order valence-corrected chi connectivity index (χ2v) is 4.98. The lowest BCUT2D eigenvalue weighted by molar-refractivity contribution is 0.0968. The smallest absolute Gasteiger partial charge is 0.0677 e. The normalized spacial score (nSPS) is 29.2. The van der Waals surface area contributed by atoms with Crippen molar-refractivity contribution in [2.24, 2.45) is 11.3 Å². The lowest BCUT2D eigenvalue weighted by Crippen LogP contribution is -2.23. The van der Waals surface area contributed by atoms with E-state index in [1.807, 2.05) is 0 Å². The fraction of sp³-hybridized carbons (Fsp3) is 0.833. The van der Waals surface area contributed by atoms with Gasteiger partial charge in [-0.2, -0.15) is 0 Å². The Morgan fingerprint density at radius 3 is 2.31 bits per heavy atom. The minimum atomic E-state index is -0.177. The van der Waals surface area contributed by atoms with Crippen molar-refractivity contribution in [3.63, 3.8) is 0 Å². The van der Waals surface area contributed by atoms with Gasteiger partial charge >= 0.3 is 0 Å². The van der Waals surface area contributed by atoms with Gasteiger partial charge in [0.15, 0.2) is 0 Å². The van der Waals surface area contributed by atoms with Crippen LogP contribution in [-0.2, 0) is 0 Å². The van der Waals surface area contributed by atoms with Crippen LogP contribution in [-0.4, -0.2) is 11.2 Å². The first-order chi connectivity index (χ1) is 5.99. The third-order valence-corrected chi connectivity index (χ3v) is 2.36. The molecule has 0 radical (unpaired) electrons. The van der Waals surface area contributed by atoms with Gasteiger partial charge in [-0.1, -0.05) is 24.7 Å². The molecule has 0 aromatic carbocycles. The Morgan fingerprint density at radius 2 is 1.77 bits per heavy atom. The third kappa shape index (κ3) is 3.83. The second-order valence-electron chi connectivity index (χ2n) is 4.98. The lowest BCUT2D eigenvalue weighted by atomic mass is 9.86. The van der Waals surface area contributed by atoms with Crippen molar-refractivity contribution in [3.8, 4) is 11.8 Å². The zero-order valence-corrected chi connectivity index (χ0v) is 8.93. The van der Waals surface area contributed by atoms with Crippen molar-refractivity contribution in [3.05, 3.63) is 0 Å². The lowest BCUT2D eigenvalue weighted by Gasteiger charge is -2.23. The van der Waals surface area contributed by atoms with E-state index >= 15 is 0 Å². The van der Waals surface area contributed by atoms with E-state index < -0.39 is 0 Å². The second kappa shape index (κ2) is 4.15. The van der Waals surface area contributed by atoms with E-state index in [0.717, 1.165) is 19.3 Å². The van der Waals surface area contributed by atoms with Gasteiger partial charge in [-0.15, -0.1) is 0 Å². The number of aliphatic hydroxyl groups excluding tert-OH is 1. The van der Waals surface area contributed by atoms with Crippen molar-refractivity contribution < 1.29 is 5.11 Å². The maximum atomic E-state index is 9.66. The van der Waals surface area contributed by atoms with Crippen molar-refractivity contribution >= 4 is 0 Å². The molecule has 13 heavy (non-hydrogen) atoms. The summed E-state index contributed by atoms with van der Waals surface area (Å²) in [7, 11) is 0. The van der Waals surface area contributed by atoms with E-state index in [2.05, 4.69) is 32.6 Å². The summed E-state index contributed by atoms with van der Waals surface area (Å²) < 4.78 is 0. The molecule has 0 heterocycles. The molecule has 0 bridgehead atoms. The third-order valence-electron chi connectivity index (χ3n) is 2.36. The van der Waals surface area contributed by atoms with Crippen LogP contribution in [0.1, 0.15) is 46.5 Å². The zero-order valence-electron chi connectivity index (χ0n) is 8.93. The van der Waals surface area contributed by atoms with Gasteiger partial charge in [0.25, 0.3) is 0 Å². The molecule has 1 fully saturated rings. The van der Waals surface area contributed by atoms with Crippen LogP contribution in [0.3, 0.4) is 0 Å². The molecule has 0 unspecified atom stereocenters. The van der Waals surface area contributed by atoms with Crippen LogP contribution in [0.15, 0.2) is 0 Å². The van der Waals surface area contributed by atoms with Crippen LogP contribution >= 0.6 is 0 Å². The predicted octanol–water partition coefficient (Wildman–Crippen LogP) is 2.59. The molecule has 74 valence electrons. The molecule has 2 atom stereocenters. The molecule has 0 aromatic heterocycles. The van der Waals surface area contributed by atoms with Crippen LogP contribution in [0.25, 0.3) is 0 Å². The molecular weight excluding hydrogens is 160 g/mol. The highest BCUT2D eigenvalue weighted by atomic mass is 16.3. The summed E-state index contributed by atoms with van der Waals surface area (Å²) in [4.78, 5) is 0. The zero-order chi connectivity index (χ0) is 9.90. The summed E-state index contributed by atoms with van der Waals surface area (Å²) in [5.41, 5.74) is 0.0666. The van der Waals surface area contributed by atoms with Gasteiger partial charge < -0.3 is 5.11 Å². The summed E-state index contributed by atoms with van der Waals surface area (Å²) in [5, 5.41) is 9.66. The van der Waals surface area contributed by atoms with E-state index in [4.69, 9.17) is 0 Å². The Balaban J connectivity index is 2.54. The molecule has 0 aromatic rings. The van der Waals surface area contributed by atoms with Crippen molar-refractivity contribution in [1.29, 1.82) is 0 Å². The first-order valence-corrected chi connectivity index (χ1v) is 5.20. The Bertz CT molecular complexity index is 214. The Labute approximate surface area is 81.5 Å². The highest BCUT2D eigenvalue weighted by Gasteiger charge is 2.21. The Morgan fingerprint density at radius 1 is 1.15 bits per heavy atom. The summed E-state index contributed by atoms with van der Waals surface area (Å²) in [6.07, 6.45) is 4.21. The minimum Gasteiger partial charge on any atom is -0.392 e. The molecule has 0 saturated heterocycles.